The molecule has 0 amide bonds. The number of aliphatic carboxylic acids is 1. The standard InChI is InChI=1S/C8H14O4/c9-6-7(10)4-2-1-3-5-8(11)12/h6-7,10H,1-5H2,(H,11,12). The van der Waals surface area contributed by atoms with Crippen LogP contribution in [0.4, 0.5) is 0 Å². The molecule has 70 valence electrons. The lowest BCUT2D eigenvalue weighted by molar-refractivity contribution is -0.137. The smallest absolute Gasteiger partial charge is 0.303 e. The van der Waals surface area contributed by atoms with Crippen molar-refractivity contribution in [3.63, 3.8) is 0 Å². The summed E-state index contributed by atoms with van der Waals surface area (Å²) in [5.41, 5.74) is 0. The van der Waals surface area contributed by atoms with Crippen LogP contribution in [-0.2, 0) is 9.59 Å². The molecule has 0 aliphatic heterocycles. The third-order valence-electron chi connectivity index (χ3n) is 1.55. The lowest BCUT2D eigenvalue weighted by Gasteiger charge is -2.00. The molecular formula is C8H14O4. The number of carboxylic acids is 1. The summed E-state index contributed by atoms with van der Waals surface area (Å²) in [5.74, 6) is -0.800. The first-order valence-corrected chi connectivity index (χ1v) is 4.02. The Bertz CT molecular complexity index is 144. The lowest BCUT2D eigenvalue weighted by atomic mass is 10.1. The van der Waals surface area contributed by atoms with Gasteiger partial charge in [-0.15, -0.1) is 0 Å². The van der Waals surface area contributed by atoms with Crippen molar-refractivity contribution in [2.75, 3.05) is 0 Å². The minimum atomic E-state index is -0.880. The molecule has 0 aromatic rings. The van der Waals surface area contributed by atoms with Gasteiger partial charge in [-0.25, -0.2) is 0 Å². The average molecular weight is 174 g/mol. The van der Waals surface area contributed by atoms with Gasteiger partial charge in [-0.05, 0) is 12.8 Å². The van der Waals surface area contributed by atoms with Gasteiger partial charge in [0.2, 0.25) is 0 Å². The fraction of sp³-hybridized carbons (Fsp3) is 0.750. The highest BCUT2D eigenvalue weighted by molar-refractivity contribution is 5.66. The highest BCUT2D eigenvalue weighted by Gasteiger charge is 2.01. The van der Waals surface area contributed by atoms with E-state index in [0.29, 0.717) is 25.5 Å². The van der Waals surface area contributed by atoms with Crippen LogP contribution in [0.1, 0.15) is 32.1 Å². The molecule has 0 fully saturated rings. The summed E-state index contributed by atoms with van der Waals surface area (Å²) in [6, 6.07) is 0. The third-order valence-corrected chi connectivity index (χ3v) is 1.55. The van der Waals surface area contributed by atoms with Crippen molar-refractivity contribution < 1.29 is 19.8 Å². The second-order valence-electron chi connectivity index (χ2n) is 2.70. The van der Waals surface area contributed by atoms with Crippen molar-refractivity contribution in [1.82, 2.24) is 0 Å². The summed E-state index contributed by atoms with van der Waals surface area (Å²) >= 11 is 0. The Morgan fingerprint density at radius 1 is 1.33 bits per heavy atom. The number of hydrogen-bond acceptors (Lipinski definition) is 3. The van der Waals surface area contributed by atoms with Gasteiger partial charge >= 0.3 is 5.97 Å². The molecule has 1 unspecified atom stereocenters. The number of carbonyl (C=O) groups is 2. The van der Waals surface area contributed by atoms with Gasteiger partial charge in [0.25, 0.3) is 0 Å². The molecule has 0 saturated carbocycles. The van der Waals surface area contributed by atoms with E-state index in [0.717, 1.165) is 6.42 Å². The maximum absolute atomic E-state index is 10.0. The van der Waals surface area contributed by atoms with Crippen molar-refractivity contribution in [1.29, 1.82) is 0 Å². The largest absolute Gasteiger partial charge is 0.481 e. The maximum Gasteiger partial charge on any atom is 0.303 e. The van der Waals surface area contributed by atoms with E-state index in [1.165, 1.54) is 0 Å². The summed E-state index contributed by atoms with van der Waals surface area (Å²) < 4.78 is 0. The zero-order valence-corrected chi connectivity index (χ0v) is 6.90. The molecule has 0 spiro atoms. The van der Waals surface area contributed by atoms with Crippen molar-refractivity contribution in [2.45, 2.75) is 38.2 Å². The van der Waals surface area contributed by atoms with Gasteiger partial charge in [0.05, 0.1) is 0 Å². The lowest BCUT2D eigenvalue weighted by Crippen LogP contribution is -2.06. The van der Waals surface area contributed by atoms with E-state index in [-0.39, 0.29) is 6.42 Å². The summed E-state index contributed by atoms with van der Waals surface area (Å²) in [6.07, 6.45) is 2.28. The van der Waals surface area contributed by atoms with Crippen LogP contribution in [0.25, 0.3) is 0 Å². The van der Waals surface area contributed by atoms with Gasteiger partial charge in [0, 0.05) is 6.42 Å². The van der Waals surface area contributed by atoms with Crippen LogP contribution < -0.4 is 0 Å². The minimum absolute atomic E-state index is 0.164. The average Bonchev–Trinajstić information content (AvgIpc) is 2.03. The van der Waals surface area contributed by atoms with Crippen LogP contribution in [0.15, 0.2) is 0 Å². The quantitative estimate of drug-likeness (QED) is 0.437. The number of carboxylic acid groups (broad SMARTS) is 1. The first-order chi connectivity index (χ1) is 5.66. The molecule has 0 radical (unpaired) electrons. The van der Waals surface area contributed by atoms with Crippen molar-refractivity contribution in [3.05, 3.63) is 0 Å². The molecule has 2 N–H and O–H groups in total. The highest BCUT2D eigenvalue weighted by Crippen LogP contribution is 2.04. The summed E-state index contributed by atoms with van der Waals surface area (Å²) in [6.45, 7) is 0. The van der Waals surface area contributed by atoms with Gasteiger partial charge in [-0.1, -0.05) is 12.8 Å². The Labute approximate surface area is 71.2 Å². The second kappa shape index (κ2) is 6.79. The second-order valence-corrected chi connectivity index (χ2v) is 2.70. The third kappa shape index (κ3) is 7.21. The molecule has 0 aromatic carbocycles. The number of aliphatic hydroxyl groups is 1. The molecule has 1 atom stereocenters. The minimum Gasteiger partial charge on any atom is -0.481 e. The normalized spacial score (nSPS) is 12.4. The molecule has 0 heterocycles. The predicted molar refractivity (Wildman–Crippen MR) is 42.8 cm³/mol. The number of rotatable bonds is 7. The summed E-state index contributed by atoms with van der Waals surface area (Å²) in [7, 11) is 0. The molecule has 0 saturated heterocycles. The van der Waals surface area contributed by atoms with Crippen LogP contribution in [0.2, 0.25) is 0 Å². The number of unbranched alkanes of at least 4 members (excludes halogenated alkanes) is 2. The fourth-order valence-electron chi connectivity index (χ4n) is 0.875. The summed E-state index contributed by atoms with van der Waals surface area (Å²) in [5, 5.41) is 17.0. The van der Waals surface area contributed by atoms with Gasteiger partial charge < -0.3 is 15.0 Å². The van der Waals surface area contributed by atoms with Crippen molar-refractivity contribution in [3.8, 4) is 0 Å². The van der Waals surface area contributed by atoms with E-state index in [2.05, 4.69) is 0 Å². The molecule has 0 aromatic heterocycles. The molecule has 0 bridgehead atoms. The topological polar surface area (TPSA) is 74.6 Å². The molecular weight excluding hydrogens is 160 g/mol. The number of aldehydes is 1. The molecule has 4 nitrogen and oxygen atoms in total. The Hall–Kier alpha value is -0.900. The molecule has 4 heteroatoms. The van der Waals surface area contributed by atoms with Gasteiger partial charge in [-0.2, -0.15) is 0 Å². The monoisotopic (exact) mass is 174 g/mol. The van der Waals surface area contributed by atoms with Gasteiger partial charge in [0.15, 0.2) is 0 Å². The number of hydrogen-bond donors (Lipinski definition) is 2. The zero-order chi connectivity index (χ0) is 9.40. The predicted octanol–water partition coefficient (Wildman–Crippen LogP) is 0.581. The Morgan fingerprint density at radius 2 is 2.00 bits per heavy atom. The van der Waals surface area contributed by atoms with E-state index in [1.54, 1.807) is 0 Å². The van der Waals surface area contributed by atoms with Crippen molar-refractivity contribution in [2.24, 2.45) is 0 Å². The maximum atomic E-state index is 10.0. The number of carbonyl (C=O) groups excluding carboxylic acids is 1. The first-order valence-electron chi connectivity index (χ1n) is 4.02. The van der Waals surface area contributed by atoms with E-state index >= 15 is 0 Å². The fourth-order valence-corrected chi connectivity index (χ4v) is 0.875. The SMILES string of the molecule is O=CC(O)CCCCCC(=O)O. The van der Waals surface area contributed by atoms with Crippen LogP contribution in [0.5, 0.6) is 0 Å². The molecule has 0 aliphatic rings. The summed E-state index contributed by atoms with van der Waals surface area (Å²) in [4.78, 5) is 20.0. The van der Waals surface area contributed by atoms with E-state index < -0.39 is 12.1 Å². The van der Waals surface area contributed by atoms with Crippen molar-refractivity contribution >= 4 is 12.3 Å². The van der Waals surface area contributed by atoms with E-state index in [4.69, 9.17) is 10.2 Å². The van der Waals surface area contributed by atoms with Crippen LogP contribution >= 0.6 is 0 Å². The Morgan fingerprint density at radius 3 is 2.50 bits per heavy atom. The van der Waals surface area contributed by atoms with E-state index in [9.17, 15) is 9.59 Å². The Kier molecular flexibility index (Phi) is 6.28. The Balaban J connectivity index is 3.10. The zero-order valence-electron chi connectivity index (χ0n) is 6.90. The molecule has 0 aliphatic carbocycles. The van der Waals surface area contributed by atoms with Crippen LogP contribution in [0, 0.1) is 0 Å². The van der Waals surface area contributed by atoms with Gasteiger partial charge in [-0.3, -0.25) is 4.79 Å². The highest BCUT2D eigenvalue weighted by atomic mass is 16.4. The van der Waals surface area contributed by atoms with Gasteiger partial charge in [0.1, 0.15) is 12.4 Å². The first kappa shape index (κ1) is 11.1. The number of aliphatic hydroxyl groups excluding tert-OH is 1. The molecule has 12 heavy (non-hydrogen) atoms. The van der Waals surface area contributed by atoms with Crippen LogP contribution in [0.3, 0.4) is 0 Å². The molecule has 0 rings (SSSR count). The van der Waals surface area contributed by atoms with Crippen LogP contribution in [-0.4, -0.2) is 28.6 Å². The van der Waals surface area contributed by atoms with E-state index in [1.807, 2.05) is 0 Å².